The Morgan fingerprint density at radius 2 is 2.11 bits per heavy atom. The van der Waals surface area contributed by atoms with Gasteiger partial charge in [0.15, 0.2) is 0 Å². The van der Waals surface area contributed by atoms with E-state index in [1.165, 1.54) is 0 Å². The summed E-state index contributed by atoms with van der Waals surface area (Å²) < 4.78 is 5.24. The lowest BCUT2D eigenvalue weighted by molar-refractivity contribution is 0.197. The molecular formula is C15H21NO3. The van der Waals surface area contributed by atoms with Gasteiger partial charge in [0.25, 0.3) is 0 Å². The molecule has 0 fully saturated rings. The molecule has 0 saturated carbocycles. The molecule has 0 heterocycles. The van der Waals surface area contributed by atoms with Crippen molar-refractivity contribution in [2.75, 3.05) is 33.4 Å². The van der Waals surface area contributed by atoms with E-state index in [4.69, 9.17) is 14.9 Å². The normalized spacial score (nSPS) is 10.2. The first kappa shape index (κ1) is 15.5. The minimum atomic E-state index is -0.168. The summed E-state index contributed by atoms with van der Waals surface area (Å²) in [6.07, 6.45) is 0. The third-order valence-corrected chi connectivity index (χ3v) is 2.84. The van der Waals surface area contributed by atoms with Gasteiger partial charge in [-0.15, -0.1) is 0 Å². The number of hydrogen-bond donors (Lipinski definition) is 2. The summed E-state index contributed by atoms with van der Waals surface area (Å²) in [5.74, 6) is 6.22. The highest BCUT2D eigenvalue weighted by Gasteiger charge is 2.06. The average molecular weight is 263 g/mol. The van der Waals surface area contributed by atoms with E-state index in [2.05, 4.69) is 23.7 Å². The number of nitrogens with zero attached hydrogens (tertiary/aromatic N) is 1. The molecule has 0 bridgehead atoms. The van der Waals surface area contributed by atoms with Gasteiger partial charge in [0.2, 0.25) is 0 Å². The topological polar surface area (TPSA) is 52.9 Å². The molecule has 1 aromatic carbocycles. The molecule has 0 aliphatic carbocycles. The molecule has 0 radical (unpaired) electrons. The Morgan fingerprint density at radius 3 is 2.68 bits per heavy atom. The molecule has 0 atom stereocenters. The summed E-state index contributed by atoms with van der Waals surface area (Å²) in [5.41, 5.74) is 1.88. The van der Waals surface area contributed by atoms with E-state index in [1.807, 2.05) is 18.2 Å². The highest BCUT2D eigenvalue weighted by molar-refractivity contribution is 5.48. The maximum Gasteiger partial charge on any atom is 0.134 e. The zero-order valence-electron chi connectivity index (χ0n) is 11.5. The summed E-state index contributed by atoms with van der Waals surface area (Å²) in [5, 5.41) is 17.8. The van der Waals surface area contributed by atoms with E-state index in [0.29, 0.717) is 12.3 Å². The van der Waals surface area contributed by atoms with Gasteiger partial charge in [-0.1, -0.05) is 24.8 Å². The smallest absolute Gasteiger partial charge is 0.134 e. The van der Waals surface area contributed by atoms with Gasteiger partial charge in [-0.25, -0.2) is 0 Å². The molecule has 1 rings (SSSR count). The Balaban J connectivity index is 2.90. The van der Waals surface area contributed by atoms with E-state index in [1.54, 1.807) is 7.11 Å². The molecule has 104 valence electrons. The minimum Gasteiger partial charge on any atom is -0.495 e. The van der Waals surface area contributed by atoms with Crippen molar-refractivity contribution in [1.29, 1.82) is 0 Å². The monoisotopic (exact) mass is 263 g/mol. The van der Waals surface area contributed by atoms with E-state index in [9.17, 15) is 0 Å². The van der Waals surface area contributed by atoms with Crippen LogP contribution in [0.5, 0.6) is 5.75 Å². The highest BCUT2D eigenvalue weighted by atomic mass is 16.5. The van der Waals surface area contributed by atoms with Crippen LogP contribution in [0.15, 0.2) is 18.2 Å². The summed E-state index contributed by atoms with van der Waals surface area (Å²) >= 11 is 0. The fourth-order valence-electron chi connectivity index (χ4n) is 1.83. The standard InChI is InChI=1S/C15H21NO3/c1-3-16(8-10-18)12-13-6-7-15(19-2)14(11-13)5-4-9-17/h6-7,11,17-18H,3,8-10,12H2,1-2H3. The molecule has 0 aliphatic heterocycles. The van der Waals surface area contributed by atoms with Crippen molar-refractivity contribution in [1.82, 2.24) is 4.90 Å². The van der Waals surface area contributed by atoms with Crippen LogP contribution in [0.4, 0.5) is 0 Å². The van der Waals surface area contributed by atoms with Crippen molar-refractivity contribution in [3.8, 4) is 17.6 Å². The predicted octanol–water partition coefficient (Wildman–Crippen LogP) is 0.853. The Morgan fingerprint density at radius 1 is 1.32 bits per heavy atom. The Kier molecular flexibility index (Phi) is 6.98. The van der Waals surface area contributed by atoms with Gasteiger partial charge in [-0.3, -0.25) is 4.90 Å². The lowest BCUT2D eigenvalue weighted by Crippen LogP contribution is -2.26. The maximum atomic E-state index is 8.99. The Labute approximate surface area is 114 Å². The summed E-state index contributed by atoms with van der Waals surface area (Å²) in [6, 6.07) is 5.83. The summed E-state index contributed by atoms with van der Waals surface area (Å²) in [4.78, 5) is 2.14. The van der Waals surface area contributed by atoms with Gasteiger partial charge < -0.3 is 14.9 Å². The van der Waals surface area contributed by atoms with Crippen molar-refractivity contribution >= 4 is 0 Å². The second-order valence-electron chi connectivity index (χ2n) is 4.09. The van der Waals surface area contributed by atoms with E-state index in [0.717, 1.165) is 24.2 Å². The third-order valence-electron chi connectivity index (χ3n) is 2.84. The van der Waals surface area contributed by atoms with Gasteiger partial charge in [0.1, 0.15) is 12.4 Å². The predicted molar refractivity (Wildman–Crippen MR) is 75.0 cm³/mol. The van der Waals surface area contributed by atoms with E-state index >= 15 is 0 Å². The van der Waals surface area contributed by atoms with Crippen LogP contribution in [-0.4, -0.2) is 48.5 Å². The van der Waals surface area contributed by atoms with Crippen molar-refractivity contribution in [3.63, 3.8) is 0 Å². The van der Waals surface area contributed by atoms with Crippen molar-refractivity contribution in [3.05, 3.63) is 29.3 Å². The average Bonchev–Trinajstić information content (AvgIpc) is 2.44. The zero-order chi connectivity index (χ0) is 14.1. The quantitative estimate of drug-likeness (QED) is 0.747. The second-order valence-corrected chi connectivity index (χ2v) is 4.09. The van der Waals surface area contributed by atoms with Crippen molar-refractivity contribution < 1.29 is 14.9 Å². The van der Waals surface area contributed by atoms with Crippen LogP contribution in [0.2, 0.25) is 0 Å². The summed E-state index contributed by atoms with van der Waals surface area (Å²) in [6.45, 7) is 4.34. The highest BCUT2D eigenvalue weighted by Crippen LogP contribution is 2.19. The second kappa shape index (κ2) is 8.54. The molecule has 1 aromatic rings. The Bertz CT molecular complexity index is 448. The van der Waals surface area contributed by atoms with Crippen LogP contribution in [0.3, 0.4) is 0 Å². The zero-order valence-corrected chi connectivity index (χ0v) is 11.5. The van der Waals surface area contributed by atoms with Gasteiger partial charge in [-0.05, 0) is 24.2 Å². The van der Waals surface area contributed by atoms with E-state index < -0.39 is 0 Å². The number of benzene rings is 1. The first-order valence-electron chi connectivity index (χ1n) is 6.35. The van der Waals surface area contributed by atoms with Crippen LogP contribution in [0, 0.1) is 11.8 Å². The Hall–Kier alpha value is -1.54. The third kappa shape index (κ3) is 4.92. The van der Waals surface area contributed by atoms with Gasteiger partial charge in [0, 0.05) is 13.1 Å². The molecule has 0 aromatic heterocycles. The number of aliphatic hydroxyl groups is 2. The molecule has 4 nitrogen and oxygen atoms in total. The fourth-order valence-corrected chi connectivity index (χ4v) is 1.83. The minimum absolute atomic E-state index is 0.154. The number of likely N-dealkylation sites (N-methyl/N-ethyl adjacent to an activating group) is 1. The SMILES string of the molecule is CCN(CCO)Cc1ccc(OC)c(C#CCO)c1. The van der Waals surface area contributed by atoms with Gasteiger partial charge in [-0.2, -0.15) is 0 Å². The molecule has 0 saturated heterocycles. The van der Waals surface area contributed by atoms with Crippen LogP contribution in [-0.2, 0) is 6.54 Å². The molecule has 0 amide bonds. The maximum absolute atomic E-state index is 8.99. The number of ether oxygens (including phenoxy) is 1. The fraction of sp³-hybridized carbons (Fsp3) is 0.467. The molecule has 0 unspecified atom stereocenters. The van der Waals surface area contributed by atoms with Crippen LogP contribution in [0.25, 0.3) is 0 Å². The molecule has 0 aliphatic rings. The van der Waals surface area contributed by atoms with Crippen LogP contribution in [0.1, 0.15) is 18.1 Å². The summed E-state index contributed by atoms with van der Waals surface area (Å²) in [7, 11) is 1.60. The molecule has 19 heavy (non-hydrogen) atoms. The van der Waals surface area contributed by atoms with Crippen molar-refractivity contribution in [2.45, 2.75) is 13.5 Å². The molecule has 4 heteroatoms. The first-order chi connectivity index (χ1) is 9.24. The van der Waals surface area contributed by atoms with Gasteiger partial charge >= 0.3 is 0 Å². The molecule has 0 spiro atoms. The number of aliphatic hydroxyl groups excluding tert-OH is 2. The van der Waals surface area contributed by atoms with E-state index in [-0.39, 0.29) is 13.2 Å². The van der Waals surface area contributed by atoms with Crippen molar-refractivity contribution in [2.24, 2.45) is 0 Å². The largest absolute Gasteiger partial charge is 0.495 e. The van der Waals surface area contributed by atoms with Gasteiger partial charge in [0.05, 0.1) is 19.3 Å². The van der Waals surface area contributed by atoms with Crippen LogP contribution >= 0.6 is 0 Å². The molecular weight excluding hydrogens is 242 g/mol. The number of methoxy groups -OCH3 is 1. The van der Waals surface area contributed by atoms with Crippen LogP contribution < -0.4 is 4.74 Å². The number of hydrogen-bond acceptors (Lipinski definition) is 4. The lowest BCUT2D eigenvalue weighted by atomic mass is 10.1. The lowest BCUT2D eigenvalue weighted by Gasteiger charge is -2.19. The molecule has 2 N–H and O–H groups in total. The number of rotatable bonds is 6. The first-order valence-corrected chi connectivity index (χ1v) is 6.35.